The van der Waals surface area contributed by atoms with Crippen molar-refractivity contribution in [3.8, 4) is 0 Å². The van der Waals surface area contributed by atoms with Gasteiger partial charge in [0, 0.05) is 5.75 Å². The van der Waals surface area contributed by atoms with E-state index in [0.29, 0.717) is 0 Å². The molecule has 0 spiro atoms. The van der Waals surface area contributed by atoms with E-state index < -0.39 is 24.6 Å². The van der Waals surface area contributed by atoms with Gasteiger partial charge < -0.3 is 15.3 Å². The number of hydrogen-bond acceptors (Lipinski definition) is 5. The maximum Gasteiger partial charge on any atom is 0.192 e. The molecule has 10 heavy (non-hydrogen) atoms. The predicted octanol–water partition coefficient (Wildman–Crippen LogP) is -1.80. The molecule has 0 radical (unpaired) electrons. The SMILES string of the molecule is O=C([C@H](O)CS)[C@@H](O)CO. The summed E-state index contributed by atoms with van der Waals surface area (Å²) in [5.74, 6) is -0.840. The van der Waals surface area contributed by atoms with Crippen LogP contribution in [0.3, 0.4) is 0 Å². The summed E-state index contributed by atoms with van der Waals surface area (Å²) in [6, 6.07) is 0. The molecule has 0 aromatic carbocycles. The molecule has 0 aliphatic heterocycles. The molecule has 60 valence electrons. The van der Waals surface area contributed by atoms with Crippen LogP contribution in [0.4, 0.5) is 0 Å². The maximum absolute atomic E-state index is 10.6. The van der Waals surface area contributed by atoms with E-state index in [1.54, 1.807) is 0 Å². The lowest BCUT2D eigenvalue weighted by Gasteiger charge is -2.09. The average molecular weight is 166 g/mol. The lowest BCUT2D eigenvalue weighted by molar-refractivity contribution is -0.136. The van der Waals surface area contributed by atoms with Crippen LogP contribution in [0.5, 0.6) is 0 Å². The van der Waals surface area contributed by atoms with Crippen LogP contribution in [0.1, 0.15) is 0 Å². The van der Waals surface area contributed by atoms with Gasteiger partial charge in [-0.2, -0.15) is 12.6 Å². The lowest BCUT2D eigenvalue weighted by atomic mass is 10.1. The highest BCUT2D eigenvalue weighted by atomic mass is 32.1. The second-order valence-corrected chi connectivity index (χ2v) is 2.16. The Kier molecular flexibility index (Phi) is 4.63. The summed E-state index contributed by atoms with van der Waals surface area (Å²) in [7, 11) is 0. The maximum atomic E-state index is 10.6. The summed E-state index contributed by atoms with van der Waals surface area (Å²) in [5.41, 5.74) is 0. The van der Waals surface area contributed by atoms with Crippen molar-refractivity contribution in [2.24, 2.45) is 0 Å². The minimum absolute atomic E-state index is 0.0457. The van der Waals surface area contributed by atoms with E-state index in [1.807, 2.05) is 0 Å². The number of thiol groups is 1. The minimum Gasteiger partial charge on any atom is -0.393 e. The van der Waals surface area contributed by atoms with Crippen LogP contribution in [0, 0.1) is 0 Å². The van der Waals surface area contributed by atoms with Gasteiger partial charge in [-0.1, -0.05) is 0 Å². The quantitative estimate of drug-likeness (QED) is 0.372. The number of carbonyl (C=O) groups excluding carboxylic acids is 1. The Morgan fingerprint density at radius 2 is 1.90 bits per heavy atom. The van der Waals surface area contributed by atoms with Crippen LogP contribution in [-0.4, -0.2) is 45.7 Å². The summed E-state index contributed by atoms with van der Waals surface area (Å²) < 4.78 is 0. The smallest absolute Gasteiger partial charge is 0.192 e. The third-order valence-electron chi connectivity index (χ3n) is 1.00. The van der Waals surface area contributed by atoms with Crippen molar-refractivity contribution in [1.29, 1.82) is 0 Å². The first kappa shape index (κ1) is 9.90. The van der Waals surface area contributed by atoms with Crippen LogP contribution in [0.15, 0.2) is 0 Å². The second-order valence-electron chi connectivity index (χ2n) is 1.80. The Labute approximate surface area is 63.9 Å². The number of aliphatic hydroxyl groups is 3. The van der Waals surface area contributed by atoms with Crippen molar-refractivity contribution in [2.75, 3.05) is 12.4 Å². The highest BCUT2D eigenvalue weighted by molar-refractivity contribution is 7.80. The Morgan fingerprint density at radius 3 is 2.20 bits per heavy atom. The molecule has 2 atom stereocenters. The van der Waals surface area contributed by atoms with Crippen LogP contribution in [-0.2, 0) is 4.79 Å². The van der Waals surface area contributed by atoms with Gasteiger partial charge in [0.2, 0.25) is 0 Å². The summed E-state index contributed by atoms with van der Waals surface area (Å²) in [5, 5.41) is 25.6. The fourth-order valence-corrected chi connectivity index (χ4v) is 0.582. The van der Waals surface area contributed by atoms with Crippen molar-refractivity contribution in [3.05, 3.63) is 0 Å². The summed E-state index contributed by atoms with van der Waals surface area (Å²) >= 11 is 3.62. The Balaban J connectivity index is 3.82. The molecule has 3 N–H and O–H groups in total. The molecule has 0 saturated carbocycles. The largest absolute Gasteiger partial charge is 0.393 e. The number of ketones is 1. The molecule has 0 aromatic heterocycles. The fourth-order valence-electron chi connectivity index (χ4n) is 0.402. The molecular weight excluding hydrogens is 156 g/mol. The highest BCUT2D eigenvalue weighted by Gasteiger charge is 2.20. The van der Waals surface area contributed by atoms with Gasteiger partial charge in [0.1, 0.15) is 12.2 Å². The molecule has 0 heterocycles. The molecule has 4 nitrogen and oxygen atoms in total. The number of Topliss-reactive ketones (excluding diaryl/α,β-unsaturated/α-hetero) is 1. The van der Waals surface area contributed by atoms with Gasteiger partial charge in [0.15, 0.2) is 5.78 Å². The molecule has 0 bridgehead atoms. The normalized spacial score (nSPS) is 16.4. The van der Waals surface area contributed by atoms with Crippen LogP contribution in [0.2, 0.25) is 0 Å². The van der Waals surface area contributed by atoms with Gasteiger partial charge in [-0.15, -0.1) is 0 Å². The zero-order chi connectivity index (χ0) is 8.15. The van der Waals surface area contributed by atoms with Gasteiger partial charge in [0.25, 0.3) is 0 Å². The summed E-state index contributed by atoms with van der Waals surface area (Å²) in [6.07, 6.45) is -2.77. The second kappa shape index (κ2) is 4.68. The van der Waals surface area contributed by atoms with E-state index in [1.165, 1.54) is 0 Å². The predicted molar refractivity (Wildman–Crippen MR) is 38.0 cm³/mol. The van der Waals surface area contributed by atoms with E-state index >= 15 is 0 Å². The molecular formula is C5H10O4S. The Hall–Kier alpha value is -0.100. The van der Waals surface area contributed by atoms with E-state index in [9.17, 15) is 4.79 Å². The molecule has 0 rings (SSSR count). The molecule has 0 aliphatic rings. The van der Waals surface area contributed by atoms with Crippen molar-refractivity contribution in [2.45, 2.75) is 12.2 Å². The number of carbonyl (C=O) groups is 1. The Bertz CT molecular complexity index is 104. The first-order valence-electron chi connectivity index (χ1n) is 2.75. The third kappa shape index (κ3) is 2.66. The van der Waals surface area contributed by atoms with Crippen molar-refractivity contribution < 1.29 is 20.1 Å². The monoisotopic (exact) mass is 166 g/mol. The number of rotatable bonds is 4. The zero-order valence-electron chi connectivity index (χ0n) is 5.27. The first-order chi connectivity index (χ1) is 4.63. The van der Waals surface area contributed by atoms with E-state index in [0.717, 1.165) is 0 Å². The third-order valence-corrected chi connectivity index (χ3v) is 1.35. The summed E-state index contributed by atoms with van der Waals surface area (Å²) in [6.45, 7) is -0.663. The van der Waals surface area contributed by atoms with E-state index in [-0.39, 0.29) is 5.75 Å². The number of hydrogen-bond donors (Lipinski definition) is 4. The standard InChI is InChI=1S/C5H10O4S/c6-1-3(7)5(9)4(8)2-10/h3-4,6-8,10H,1-2H2/t3-,4+/m0/s1. The van der Waals surface area contributed by atoms with Crippen molar-refractivity contribution >= 4 is 18.4 Å². The fraction of sp³-hybridized carbons (Fsp3) is 0.800. The molecule has 0 saturated heterocycles. The highest BCUT2D eigenvalue weighted by Crippen LogP contribution is 1.94. The molecule has 0 fully saturated rings. The van der Waals surface area contributed by atoms with Crippen LogP contribution in [0.25, 0.3) is 0 Å². The van der Waals surface area contributed by atoms with Gasteiger partial charge >= 0.3 is 0 Å². The molecule has 0 unspecified atom stereocenters. The van der Waals surface area contributed by atoms with Crippen LogP contribution < -0.4 is 0 Å². The average Bonchev–Trinajstić information content (AvgIpc) is 2.00. The van der Waals surface area contributed by atoms with E-state index in [4.69, 9.17) is 15.3 Å². The van der Waals surface area contributed by atoms with Crippen molar-refractivity contribution in [3.63, 3.8) is 0 Å². The topological polar surface area (TPSA) is 77.8 Å². The van der Waals surface area contributed by atoms with Gasteiger partial charge in [0.05, 0.1) is 6.61 Å². The number of aliphatic hydroxyl groups excluding tert-OH is 3. The minimum atomic E-state index is -1.48. The van der Waals surface area contributed by atoms with Gasteiger partial charge in [-0.3, -0.25) is 4.79 Å². The van der Waals surface area contributed by atoms with Crippen molar-refractivity contribution in [1.82, 2.24) is 0 Å². The Morgan fingerprint density at radius 1 is 1.40 bits per heavy atom. The van der Waals surface area contributed by atoms with Gasteiger partial charge in [-0.05, 0) is 0 Å². The van der Waals surface area contributed by atoms with E-state index in [2.05, 4.69) is 12.6 Å². The molecule has 0 aliphatic carbocycles. The molecule has 0 amide bonds. The first-order valence-corrected chi connectivity index (χ1v) is 3.38. The molecule has 0 aromatic rings. The van der Waals surface area contributed by atoms with Gasteiger partial charge in [-0.25, -0.2) is 0 Å². The summed E-state index contributed by atoms with van der Waals surface area (Å²) in [4.78, 5) is 10.6. The van der Waals surface area contributed by atoms with Crippen LogP contribution >= 0.6 is 12.6 Å². The molecule has 5 heteroatoms. The zero-order valence-corrected chi connectivity index (χ0v) is 6.16. The lowest BCUT2D eigenvalue weighted by Crippen LogP contribution is -2.35.